The van der Waals surface area contributed by atoms with E-state index in [1.54, 1.807) is 4.57 Å². The highest BCUT2D eigenvalue weighted by Crippen LogP contribution is 2.20. The van der Waals surface area contributed by atoms with Crippen molar-refractivity contribution < 1.29 is 19.7 Å². The molecule has 2 heterocycles. The number of nitrogens with zero attached hydrogens (tertiary/aromatic N) is 4. The third kappa shape index (κ3) is 3.74. The van der Waals surface area contributed by atoms with Gasteiger partial charge in [-0.05, 0) is 12.8 Å². The van der Waals surface area contributed by atoms with Gasteiger partial charge in [0.2, 0.25) is 0 Å². The molecular weight excluding hydrogens is 431 g/mol. The summed E-state index contributed by atoms with van der Waals surface area (Å²) in [5, 5.41) is 21.7. The lowest BCUT2D eigenvalue weighted by Crippen LogP contribution is -2.46. The fourth-order valence-electron chi connectivity index (χ4n) is 2.16. The number of nitrogen functional groups attached to an aromatic ring is 1. The second-order valence-corrected chi connectivity index (χ2v) is 6.48. The number of aliphatic hydroxyl groups excluding tert-OH is 2. The number of nitrogens with two attached hydrogens (primary N) is 1. The van der Waals surface area contributed by atoms with Gasteiger partial charge in [-0.3, -0.25) is 9.36 Å². The molecule has 0 spiro atoms. The standard InChI is InChI=1S/C13H17IN6O4/c14-13-18-10(15)8-11(19-13)20(4-16-8)5-24-9(7(22)3-21)12(23)17-6-1-2-6/h4,6-7,9,21-22H,1-3,5H2,(H,17,23)(H2,15,18,19)/t7?,9-/m0/s1. The molecule has 1 unspecified atom stereocenters. The van der Waals surface area contributed by atoms with E-state index in [9.17, 15) is 9.90 Å². The summed E-state index contributed by atoms with van der Waals surface area (Å²) in [6, 6.07) is 0.123. The first-order valence-electron chi connectivity index (χ1n) is 7.34. The number of imidazole rings is 1. The molecule has 11 heteroatoms. The Morgan fingerprint density at radius 2 is 2.29 bits per heavy atom. The largest absolute Gasteiger partial charge is 0.394 e. The van der Waals surface area contributed by atoms with Gasteiger partial charge in [-0.2, -0.15) is 0 Å². The van der Waals surface area contributed by atoms with Crippen molar-refractivity contribution in [3.63, 3.8) is 0 Å². The molecule has 2 aromatic heterocycles. The van der Waals surface area contributed by atoms with E-state index in [0.29, 0.717) is 15.0 Å². The molecule has 1 aliphatic rings. The van der Waals surface area contributed by atoms with E-state index in [1.165, 1.54) is 6.33 Å². The molecule has 2 atom stereocenters. The Labute approximate surface area is 150 Å². The highest BCUT2D eigenvalue weighted by molar-refractivity contribution is 14.1. The van der Waals surface area contributed by atoms with Gasteiger partial charge in [-0.25, -0.2) is 15.0 Å². The highest BCUT2D eigenvalue weighted by atomic mass is 127. The number of rotatable bonds is 7. The summed E-state index contributed by atoms with van der Waals surface area (Å²) in [5.41, 5.74) is 6.69. The predicted octanol–water partition coefficient (Wildman–Crippen LogP) is -1.01. The Balaban J connectivity index is 1.75. The molecular formula is C13H17IN6O4. The molecule has 0 aromatic carbocycles. The molecule has 1 aliphatic carbocycles. The normalized spacial score (nSPS) is 17.0. The minimum atomic E-state index is -1.32. The number of hydrogen-bond donors (Lipinski definition) is 4. The number of aliphatic hydroxyl groups is 2. The van der Waals surface area contributed by atoms with Gasteiger partial charge in [0, 0.05) is 28.6 Å². The summed E-state index contributed by atoms with van der Waals surface area (Å²) in [7, 11) is 0. The van der Waals surface area contributed by atoms with Crippen LogP contribution in [0.4, 0.5) is 5.82 Å². The zero-order chi connectivity index (χ0) is 17.3. The van der Waals surface area contributed by atoms with Crippen LogP contribution in [0.3, 0.4) is 0 Å². The number of carbonyl (C=O) groups excluding carboxylic acids is 1. The maximum atomic E-state index is 12.1. The first-order chi connectivity index (χ1) is 11.5. The van der Waals surface area contributed by atoms with Crippen molar-refractivity contribution in [2.45, 2.75) is 37.8 Å². The third-order valence-corrected chi connectivity index (χ3v) is 4.06. The predicted molar refractivity (Wildman–Crippen MR) is 91.6 cm³/mol. The lowest BCUT2D eigenvalue weighted by atomic mass is 10.2. The van der Waals surface area contributed by atoms with Crippen molar-refractivity contribution in [3.05, 3.63) is 10.2 Å². The number of aromatic nitrogens is 4. The van der Waals surface area contributed by atoms with Gasteiger partial charge < -0.3 is 26.0 Å². The summed E-state index contributed by atoms with van der Waals surface area (Å²) in [6.07, 6.45) is 0.778. The Hall–Kier alpha value is -1.57. The summed E-state index contributed by atoms with van der Waals surface area (Å²) in [4.78, 5) is 24.5. The number of anilines is 1. The van der Waals surface area contributed by atoms with Crippen LogP contribution in [0.25, 0.3) is 11.2 Å². The molecule has 24 heavy (non-hydrogen) atoms. The van der Waals surface area contributed by atoms with Crippen LogP contribution in [0.2, 0.25) is 0 Å². The van der Waals surface area contributed by atoms with E-state index in [4.69, 9.17) is 15.6 Å². The molecule has 0 radical (unpaired) electrons. The second kappa shape index (κ2) is 7.13. The molecule has 0 bridgehead atoms. The minimum Gasteiger partial charge on any atom is -0.394 e. The first kappa shape index (κ1) is 17.3. The van der Waals surface area contributed by atoms with Crippen LogP contribution in [0.15, 0.2) is 6.33 Å². The van der Waals surface area contributed by atoms with Crippen LogP contribution in [0, 0.1) is 3.83 Å². The van der Waals surface area contributed by atoms with Gasteiger partial charge in [0.05, 0.1) is 12.9 Å². The number of amides is 1. The van der Waals surface area contributed by atoms with Crippen molar-refractivity contribution in [1.82, 2.24) is 24.8 Å². The zero-order valence-electron chi connectivity index (χ0n) is 12.6. The van der Waals surface area contributed by atoms with Crippen molar-refractivity contribution in [2.24, 2.45) is 0 Å². The Morgan fingerprint density at radius 3 is 2.96 bits per heavy atom. The number of nitrogens with one attached hydrogen (secondary N) is 1. The molecule has 0 aliphatic heterocycles. The van der Waals surface area contributed by atoms with E-state index < -0.39 is 24.7 Å². The van der Waals surface area contributed by atoms with E-state index >= 15 is 0 Å². The van der Waals surface area contributed by atoms with Gasteiger partial charge in [0.25, 0.3) is 5.91 Å². The van der Waals surface area contributed by atoms with Crippen LogP contribution in [0.5, 0.6) is 0 Å². The lowest BCUT2D eigenvalue weighted by molar-refractivity contribution is -0.147. The van der Waals surface area contributed by atoms with Crippen LogP contribution < -0.4 is 11.1 Å². The van der Waals surface area contributed by atoms with E-state index in [-0.39, 0.29) is 18.6 Å². The van der Waals surface area contributed by atoms with Gasteiger partial charge in [-0.15, -0.1) is 0 Å². The fourth-order valence-corrected chi connectivity index (χ4v) is 2.65. The monoisotopic (exact) mass is 448 g/mol. The fraction of sp³-hybridized carbons (Fsp3) is 0.538. The van der Waals surface area contributed by atoms with Crippen LogP contribution >= 0.6 is 22.6 Å². The average molecular weight is 448 g/mol. The lowest BCUT2D eigenvalue weighted by Gasteiger charge is -2.21. The topological polar surface area (TPSA) is 148 Å². The van der Waals surface area contributed by atoms with Crippen molar-refractivity contribution in [1.29, 1.82) is 0 Å². The van der Waals surface area contributed by atoms with Crippen molar-refractivity contribution in [3.8, 4) is 0 Å². The second-order valence-electron chi connectivity index (χ2n) is 5.51. The first-order valence-corrected chi connectivity index (χ1v) is 8.42. The molecule has 10 nitrogen and oxygen atoms in total. The zero-order valence-corrected chi connectivity index (χ0v) is 14.8. The number of halogens is 1. The van der Waals surface area contributed by atoms with Crippen LogP contribution in [-0.2, 0) is 16.3 Å². The van der Waals surface area contributed by atoms with Crippen molar-refractivity contribution >= 4 is 45.5 Å². The number of ether oxygens (including phenoxy) is 1. The average Bonchev–Trinajstić information content (AvgIpc) is 3.26. The summed E-state index contributed by atoms with van der Waals surface area (Å²) in [6.45, 7) is -0.663. The van der Waals surface area contributed by atoms with Gasteiger partial charge in [-0.1, -0.05) is 0 Å². The number of fused-ring (bicyclic) bond motifs is 1. The summed E-state index contributed by atoms with van der Waals surface area (Å²) in [5.74, 6) is -0.200. The smallest absolute Gasteiger partial charge is 0.252 e. The van der Waals surface area contributed by atoms with Crippen LogP contribution in [-0.4, -0.2) is 60.5 Å². The molecule has 1 fully saturated rings. The van der Waals surface area contributed by atoms with E-state index in [1.807, 2.05) is 22.6 Å². The number of carbonyl (C=O) groups is 1. The maximum absolute atomic E-state index is 12.1. The molecule has 130 valence electrons. The number of hydrogen-bond acceptors (Lipinski definition) is 8. The minimum absolute atomic E-state index is 0.0805. The quantitative estimate of drug-likeness (QED) is 0.311. The molecule has 0 saturated heterocycles. The molecule has 5 N–H and O–H groups in total. The Bertz CT molecular complexity index is 749. The van der Waals surface area contributed by atoms with Gasteiger partial charge >= 0.3 is 0 Å². The molecule has 1 saturated carbocycles. The molecule has 3 rings (SSSR count). The summed E-state index contributed by atoms with van der Waals surface area (Å²) >= 11 is 1.94. The van der Waals surface area contributed by atoms with E-state index in [0.717, 1.165) is 12.8 Å². The third-order valence-electron chi connectivity index (χ3n) is 3.58. The Morgan fingerprint density at radius 1 is 1.54 bits per heavy atom. The molecule has 2 aromatic rings. The van der Waals surface area contributed by atoms with Crippen molar-refractivity contribution in [2.75, 3.05) is 12.3 Å². The summed E-state index contributed by atoms with van der Waals surface area (Å²) < 4.78 is 7.52. The highest BCUT2D eigenvalue weighted by Gasteiger charge is 2.32. The van der Waals surface area contributed by atoms with E-state index in [2.05, 4.69) is 20.3 Å². The SMILES string of the molecule is Nc1nc(I)nc2c1ncn2CO[C@H](C(=O)NC1CC1)C(O)CO. The van der Waals surface area contributed by atoms with Crippen LogP contribution in [0.1, 0.15) is 12.8 Å². The molecule has 1 amide bonds. The Kier molecular flexibility index (Phi) is 5.12. The van der Waals surface area contributed by atoms with Gasteiger partial charge in [0.1, 0.15) is 18.4 Å². The maximum Gasteiger partial charge on any atom is 0.252 e. The van der Waals surface area contributed by atoms with Gasteiger partial charge in [0.15, 0.2) is 21.4 Å².